The van der Waals surface area contributed by atoms with Crippen molar-refractivity contribution < 1.29 is 18.3 Å². The van der Waals surface area contributed by atoms with E-state index in [1.807, 2.05) is 6.92 Å². The van der Waals surface area contributed by atoms with Crippen molar-refractivity contribution in [3.05, 3.63) is 29.3 Å². The number of aryl methyl sites for hydroxylation is 1. The number of sulfone groups is 1. The average Bonchev–Trinajstić information content (AvgIpc) is 2.34. The van der Waals surface area contributed by atoms with E-state index < -0.39 is 9.84 Å². The Kier molecular flexibility index (Phi) is 5.08. The molecule has 0 fully saturated rings. The van der Waals surface area contributed by atoms with Crippen molar-refractivity contribution in [2.75, 3.05) is 12.9 Å². The first kappa shape index (κ1) is 15.7. The molecule has 1 aromatic carbocycles. The van der Waals surface area contributed by atoms with Gasteiger partial charge in [0.05, 0.1) is 17.5 Å². The molecule has 0 spiro atoms. The zero-order valence-corrected chi connectivity index (χ0v) is 12.1. The molecule has 1 aromatic rings. The number of carbonyl (C=O) groups is 1. The summed E-state index contributed by atoms with van der Waals surface area (Å²) in [6.45, 7) is 3.44. The van der Waals surface area contributed by atoms with Crippen LogP contribution in [0, 0.1) is 6.92 Å². The Hall–Kier alpha value is -1.40. The summed E-state index contributed by atoms with van der Waals surface area (Å²) in [4.78, 5) is 12.2. The first-order chi connectivity index (χ1) is 8.79. The van der Waals surface area contributed by atoms with Crippen LogP contribution in [0.5, 0.6) is 0 Å². The molecular weight excluding hydrogens is 266 g/mol. The number of hydrogen-bond acceptors (Lipinski definition) is 4. The second-order valence-corrected chi connectivity index (χ2v) is 6.53. The molecule has 106 valence electrons. The number of amides is 1. The summed E-state index contributed by atoms with van der Waals surface area (Å²) < 4.78 is 23.0. The monoisotopic (exact) mass is 285 g/mol. The summed E-state index contributed by atoms with van der Waals surface area (Å²) >= 11 is 0. The van der Waals surface area contributed by atoms with Crippen LogP contribution in [-0.4, -0.2) is 38.3 Å². The molecule has 5 nitrogen and oxygen atoms in total. The van der Waals surface area contributed by atoms with Gasteiger partial charge in [-0.1, -0.05) is 13.0 Å². The molecule has 1 atom stereocenters. The van der Waals surface area contributed by atoms with Gasteiger partial charge in [0.1, 0.15) is 0 Å². The molecule has 0 radical (unpaired) electrons. The Balaban J connectivity index is 3.09. The van der Waals surface area contributed by atoms with Gasteiger partial charge in [-0.3, -0.25) is 4.79 Å². The quantitative estimate of drug-likeness (QED) is 0.842. The Labute approximate surface area is 113 Å². The summed E-state index contributed by atoms with van der Waals surface area (Å²) in [5, 5.41) is 11.7. The standard InChI is InChI=1S/C13H19NO4S/c1-4-10(8-15)14-13(16)12-7-11(19(3,17)18)6-5-9(12)2/h5-7,10,15H,4,8H2,1-3H3,(H,14,16)/t10-/m0/s1. The molecule has 0 saturated heterocycles. The van der Waals surface area contributed by atoms with Crippen molar-refractivity contribution in [3.8, 4) is 0 Å². The molecule has 0 aliphatic rings. The number of aliphatic hydroxyl groups excluding tert-OH is 1. The fourth-order valence-electron chi connectivity index (χ4n) is 1.62. The minimum absolute atomic E-state index is 0.111. The predicted molar refractivity (Wildman–Crippen MR) is 72.9 cm³/mol. The zero-order chi connectivity index (χ0) is 14.6. The normalized spacial score (nSPS) is 13.1. The topological polar surface area (TPSA) is 83.5 Å². The highest BCUT2D eigenvalue weighted by atomic mass is 32.2. The molecule has 0 heterocycles. The van der Waals surface area contributed by atoms with Crippen molar-refractivity contribution in [1.82, 2.24) is 5.32 Å². The van der Waals surface area contributed by atoms with E-state index in [-0.39, 0.29) is 23.5 Å². The summed E-state index contributed by atoms with van der Waals surface area (Å²) in [5.41, 5.74) is 1.01. The smallest absolute Gasteiger partial charge is 0.251 e. The van der Waals surface area contributed by atoms with Gasteiger partial charge in [0, 0.05) is 11.8 Å². The second-order valence-electron chi connectivity index (χ2n) is 4.51. The summed E-state index contributed by atoms with van der Waals surface area (Å²) in [7, 11) is -3.34. The van der Waals surface area contributed by atoms with Crippen molar-refractivity contribution >= 4 is 15.7 Å². The van der Waals surface area contributed by atoms with Crippen LogP contribution in [0.3, 0.4) is 0 Å². The Morgan fingerprint density at radius 3 is 2.53 bits per heavy atom. The van der Waals surface area contributed by atoms with Crippen LogP contribution >= 0.6 is 0 Å². The molecule has 0 aliphatic carbocycles. The van der Waals surface area contributed by atoms with E-state index in [9.17, 15) is 13.2 Å². The highest BCUT2D eigenvalue weighted by Crippen LogP contribution is 2.15. The van der Waals surface area contributed by atoms with Gasteiger partial charge in [-0.2, -0.15) is 0 Å². The maximum absolute atomic E-state index is 12.1. The van der Waals surface area contributed by atoms with Gasteiger partial charge < -0.3 is 10.4 Å². The molecule has 0 aliphatic heterocycles. The van der Waals surface area contributed by atoms with E-state index in [0.717, 1.165) is 6.26 Å². The van der Waals surface area contributed by atoms with Crippen LogP contribution < -0.4 is 5.32 Å². The van der Waals surface area contributed by atoms with Gasteiger partial charge in [0.25, 0.3) is 5.91 Å². The Morgan fingerprint density at radius 2 is 2.05 bits per heavy atom. The molecule has 2 N–H and O–H groups in total. The van der Waals surface area contributed by atoms with Crippen LogP contribution in [-0.2, 0) is 9.84 Å². The molecule has 1 rings (SSSR count). The molecular formula is C13H19NO4S. The van der Waals surface area contributed by atoms with E-state index >= 15 is 0 Å². The van der Waals surface area contributed by atoms with Crippen LogP contribution in [0.15, 0.2) is 23.1 Å². The predicted octanol–water partition coefficient (Wildman–Crippen LogP) is 0.899. The number of nitrogens with one attached hydrogen (secondary N) is 1. The molecule has 0 unspecified atom stereocenters. The van der Waals surface area contributed by atoms with E-state index in [1.165, 1.54) is 12.1 Å². The lowest BCUT2D eigenvalue weighted by Crippen LogP contribution is -2.37. The Morgan fingerprint density at radius 1 is 1.42 bits per heavy atom. The van der Waals surface area contributed by atoms with Gasteiger partial charge in [-0.25, -0.2) is 8.42 Å². The SMILES string of the molecule is CC[C@@H](CO)NC(=O)c1cc(S(C)(=O)=O)ccc1C. The van der Waals surface area contributed by atoms with Gasteiger partial charge in [0.2, 0.25) is 0 Å². The van der Waals surface area contributed by atoms with E-state index in [4.69, 9.17) is 5.11 Å². The van der Waals surface area contributed by atoms with E-state index in [1.54, 1.807) is 13.0 Å². The van der Waals surface area contributed by atoms with Gasteiger partial charge in [-0.05, 0) is 31.0 Å². The van der Waals surface area contributed by atoms with Gasteiger partial charge >= 0.3 is 0 Å². The molecule has 0 bridgehead atoms. The van der Waals surface area contributed by atoms with Crippen molar-refractivity contribution in [3.63, 3.8) is 0 Å². The molecule has 0 aromatic heterocycles. The lowest BCUT2D eigenvalue weighted by Gasteiger charge is -2.15. The molecule has 6 heteroatoms. The van der Waals surface area contributed by atoms with Gasteiger partial charge in [0.15, 0.2) is 9.84 Å². The van der Waals surface area contributed by atoms with Crippen LogP contribution in [0.2, 0.25) is 0 Å². The fourth-order valence-corrected chi connectivity index (χ4v) is 2.26. The maximum Gasteiger partial charge on any atom is 0.251 e. The summed E-state index contributed by atoms with van der Waals surface area (Å²) in [6, 6.07) is 4.12. The first-order valence-corrected chi connectivity index (χ1v) is 7.91. The maximum atomic E-state index is 12.1. The highest BCUT2D eigenvalue weighted by molar-refractivity contribution is 7.90. The number of aliphatic hydroxyl groups is 1. The van der Waals surface area contributed by atoms with Crippen LogP contribution in [0.4, 0.5) is 0 Å². The van der Waals surface area contributed by atoms with Gasteiger partial charge in [-0.15, -0.1) is 0 Å². The lowest BCUT2D eigenvalue weighted by atomic mass is 10.1. The van der Waals surface area contributed by atoms with E-state index in [0.29, 0.717) is 17.5 Å². The van der Waals surface area contributed by atoms with Crippen molar-refractivity contribution in [2.24, 2.45) is 0 Å². The molecule has 19 heavy (non-hydrogen) atoms. The van der Waals surface area contributed by atoms with Crippen molar-refractivity contribution in [1.29, 1.82) is 0 Å². The highest BCUT2D eigenvalue weighted by Gasteiger charge is 2.16. The van der Waals surface area contributed by atoms with Crippen LogP contribution in [0.1, 0.15) is 29.3 Å². The zero-order valence-electron chi connectivity index (χ0n) is 11.3. The number of rotatable bonds is 5. The third-order valence-corrected chi connectivity index (χ3v) is 4.04. The third kappa shape index (κ3) is 4.04. The minimum Gasteiger partial charge on any atom is -0.394 e. The Bertz CT molecular complexity index is 562. The largest absolute Gasteiger partial charge is 0.394 e. The summed E-state index contributed by atoms with van der Waals surface area (Å²) in [5.74, 6) is -0.371. The first-order valence-electron chi connectivity index (χ1n) is 6.02. The number of benzene rings is 1. The van der Waals surface area contributed by atoms with E-state index in [2.05, 4.69) is 5.32 Å². The summed E-state index contributed by atoms with van der Waals surface area (Å²) in [6.07, 6.45) is 1.70. The van der Waals surface area contributed by atoms with Crippen LogP contribution in [0.25, 0.3) is 0 Å². The number of hydrogen-bond donors (Lipinski definition) is 2. The average molecular weight is 285 g/mol. The lowest BCUT2D eigenvalue weighted by molar-refractivity contribution is 0.0914. The second kappa shape index (κ2) is 6.16. The molecule has 0 saturated carbocycles. The molecule has 1 amide bonds. The number of carbonyl (C=O) groups excluding carboxylic acids is 1. The van der Waals surface area contributed by atoms with Crippen molar-refractivity contribution in [2.45, 2.75) is 31.2 Å². The third-order valence-electron chi connectivity index (χ3n) is 2.93. The minimum atomic E-state index is -3.34. The fraction of sp³-hybridized carbons (Fsp3) is 0.462.